The molecule has 90 valence electrons. The number of benzene rings is 1. The highest BCUT2D eigenvalue weighted by Crippen LogP contribution is 2.25. The Labute approximate surface area is 108 Å². The fourth-order valence-corrected chi connectivity index (χ4v) is 2.12. The topological polar surface area (TPSA) is 44.1 Å². The molecule has 0 aliphatic carbocycles. The van der Waals surface area contributed by atoms with Crippen molar-refractivity contribution in [3.05, 3.63) is 28.4 Å². The highest BCUT2D eigenvalue weighted by molar-refractivity contribution is 9.10. The number of hydrogen-bond acceptors (Lipinski definition) is 3. The number of carbonyl (C=O) groups is 1. The van der Waals surface area contributed by atoms with Gasteiger partial charge in [0.1, 0.15) is 0 Å². The van der Waals surface area contributed by atoms with Crippen molar-refractivity contribution in [2.45, 2.75) is 19.9 Å². The fraction of sp³-hybridized carbons (Fsp3) is 0.333. The lowest BCUT2D eigenvalue weighted by molar-refractivity contribution is 0.0595. The summed E-state index contributed by atoms with van der Waals surface area (Å²) in [6.45, 7) is 4.05. The molecule has 1 aromatic heterocycles. The standard InChI is InChI=1S/C12H13BrN2O2/c1-7(2)15-10-5-4-8(13)6-9(10)11(14-15)12(16)17-3/h4-7H,1-3H3. The Hall–Kier alpha value is -1.36. The molecule has 0 fully saturated rings. The van der Waals surface area contributed by atoms with Crippen LogP contribution in [0.3, 0.4) is 0 Å². The van der Waals surface area contributed by atoms with E-state index in [2.05, 4.69) is 21.0 Å². The molecule has 1 heterocycles. The van der Waals surface area contributed by atoms with E-state index in [1.165, 1.54) is 7.11 Å². The molecule has 0 radical (unpaired) electrons. The van der Waals surface area contributed by atoms with Gasteiger partial charge in [-0.2, -0.15) is 5.10 Å². The third-order valence-electron chi connectivity index (χ3n) is 2.54. The number of nitrogens with zero attached hydrogens (tertiary/aromatic N) is 2. The Morgan fingerprint density at radius 1 is 1.47 bits per heavy atom. The van der Waals surface area contributed by atoms with Gasteiger partial charge in [-0.25, -0.2) is 4.79 Å². The van der Waals surface area contributed by atoms with Crippen molar-refractivity contribution >= 4 is 32.8 Å². The third kappa shape index (κ3) is 2.07. The van der Waals surface area contributed by atoms with E-state index in [0.29, 0.717) is 5.69 Å². The maximum Gasteiger partial charge on any atom is 0.359 e. The Balaban J connectivity index is 2.75. The van der Waals surface area contributed by atoms with Gasteiger partial charge >= 0.3 is 5.97 Å². The SMILES string of the molecule is COC(=O)c1nn(C(C)C)c2ccc(Br)cc12. The van der Waals surface area contributed by atoms with Crippen LogP contribution in [0.2, 0.25) is 0 Å². The Kier molecular flexibility index (Phi) is 3.19. The number of aromatic nitrogens is 2. The summed E-state index contributed by atoms with van der Waals surface area (Å²) >= 11 is 3.39. The van der Waals surface area contributed by atoms with Crippen molar-refractivity contribution in [1.29, 1.82) is 0 Å². The predicted molar refractivity (Wildman–Crippen MR) is 69.2 cm³/mol. The number of esters is 1. The normalized spacial score (nSPS) is 11.1. The summed E-state index contributed by atoms with van der Waals surface area (Å²) in [6, 6.07) is 5.95. The molecule has 0 aliphatic heterocycles. The summed E-state index contributed by atoms with van der Waals surface area (Å²) in [4.78, 5) is 11.7. The summed E-state index contributed by atoms with van der Waals surface area (Å²) < 4.78 is 7.49. The van der Waals surface area contributed by atoms with Crippen molar-refractivity contribution in [1.82, 2.24) is 9.78 Å². The van der Waals surface area contributed by atoms with Crippen LogP contribution in [0.1, 0.15) is 30.4 Å². The van der Waals surface area contributed by atoms with Crippen LogP contribution in [0.25, 0.3) is 10.9 Å². The van der Waals surface area contributed by atoms with E-state index in [9.17, 15) is 4.79 Å². The quantitative estimate of drug-likeness (QED) is 0.800. The second-order valence-corrected chi connectivity index (χ2v) is 4.96. The van der Waals surface area contributed by atoms with Gasteiger partial charge in [0, 0.05) is 15.9 Å². The lowest BCUT2D eigenvalue weighted by Crippen LogP contribution is -2.06. The van der Waals surface area contributed by atoms with E-state index in [4.69, 9.17) is 4.74 Å². The number of hydrogen-bond donors (Lipinski definition) is 0. The van der Waals surface area contributed by atoms with Gasteiger partial charge in [0.25, 0.3) is 0 Å². The minimum atomic E-state index is -0.410. The van der Waals surface area contributed by atoms with Crippen LogP contribution in [0.15, 0.2) is 22.7 Å². The molecule has 1 aromatic carbocycles. The Morgan fingerprint density at radius 2 is 2.18 bits per heavy atom. The van der Waals surface area contributed by atoms with Crippen molar-refractivity contribution in [3.8, 4) is 0 Å². The third-order valence-corrected chi connectivity index (χ3v) is 3.03. The van der Waals surface area contributed by atoms with E-state index in [1.807, 2.05) is 36.7 Å². The van der Waals surface area contributed by atoms with Crippen LogP contribution in [0.5, 0.6) is 0 Å². The lowest BCUT2D eigenvalue weighted by atomic mass is 10.2. The molecule has 0 saturated carbocycles. The molecule has 0 amide bonds. The number of methoxy groups -OCH3 is 1. The van der Waals surface area contributed by atoms with Crippen LogP contribution >= 0.6 is 15.9 Å². The first-order valence-corrected chi connectivity index (χ1v) is 6.10. The number of ether oxygens (including phenoxy) is 1. The van der Waals surface area contributed by atoms with E-state index in [0.717, 1.165) is 15.4 Å². The Bertz CT molecular complexity index is 575. The number of carbonyl (C=O) groups excluding carboxylic acids is 1. The van der Waals surface area contributed by atoms with Crippen molar-refractivity contribution < 1.29 is 9.53 Å². The van der Waals surface area contributed by atoms with E-state index in [-0.39, 0.29) is 6.04 Å². The van der Waals surface area contributed by atoms with Crippen molar-refractivity contribution in [2.24, 2.45) is 0 Å². The van der Waals surface area contributed by atoms with Gasteiger partial charge in [0.15, 0.2) is 5.69 Å². The van der Waals surface area contributed by atoms with Gasteiger partial charge in [-0.15, -0.1) is 0 Å². The smallest absolute Gasteiger partial charge is 0.359 e. The first-order valence-electron chi connectivity index (χ1n) is 5.30. The monoisotopic (exact) mass is 296 g/mol. The van der Waals surface area contributed by atoms with Gasteiger partial charge in [0.2, 0.25) is 0 Å². The molecule has 4 nitrogen and oxygen atoms in total. The minimum Gasteiger partial charge on any atom is -0.464 e. The van der Waals surface area contributed by atoms with Gasteiger partial charge < -0.3 is 4.74 Å². The van der Waals surface area contributed by atoms with Gasteiger partial charge in [0.05, 0.1) is 12.6 Å². The minimum absolute atomic E-state index is 0.192. The molecule has 0 bridgehead atoms. The summed E-state index contributed by atoms with van der Waals surface area (Å²) in [7, 11) is 1.36. The average molecular weight is 297 g/mol. The number of rotatable bonds is 2. The fourth-order valence-electron chi connectivity index (χ4n) is 1.75. The molecule has 0 unspecified atom stereocenters. The summed E-state index contributed by atoms with van der Waals surface area (Å²) in [5, 5.41) is 5.13. The summed E-state index contributed by atoms with van der Waals surface area (Å²) in [5.41, 5.74) is 1.29. The second kappa shape index (κ2) is 4.49. The van der Waals surface area contributed by atoms with Gasteiger partial charge in [-0.3, -0.25) is 4.68 Å². The Morgan fingerprint density at radius 3 is 2.76 bits per heavy atom. The summed E-state index contributed by atoms with van der Waals surface area (Å²) in [6.07, 6.45) is 0. The molecule has 0 aliphatic rings. The molecule has 0 spiro atoms. The van der Waals surface area contributed by atoms with Crippen LogP contribution in [0, 0.1) is 0 Å². The molecule has 17 heavy (non-hydrogen) atoms. The molecule has 2 rings (SSSR count). The zero-order valence-corrected chi connectivity index (χ0v) is 11.5. The first-order chi connectivity index (χ1) is 8.04. The van der Waals surface area contributed by atoms with Crippen LogP contribution < -0.4 is 0 Å². The zero-order chi connectivity index (χ0) is 12.6. The van der Waals surface area contributed by atoms with E-state index < -0.39 is 5.97 Å². The molecule has 2 aromatic rings. The van der Waals surface area contributed by atoms with Crippen molar-refractivity contribution in [3.63, 3.8) is 0 Å². The van der Waals surface area contributed by atoms with Gasteiger partial charge in [-0.1, -0.05) is 15.9 Å². The highest BCUT2D eigenvalue weighted by atomic mass is 79.9. The van der Waals surface area contributed by atoms with E-state index in [1.54, 1.807) is 0 Å². The molecular formula is C12H13BrN2O2. The second-order valence-electron chi connectivity index (χ2n) is 4.04. The first kappa shape index (κ1) is 12.1. The maximum atomic E-state index is 11.7. The van der Waals surface area contributed by atoms with Crippen LogP contribution in [-0.4, -0.2) is 22.9 Å². The van der Waals surface area contributed by atoms with Crippen LogP contribution in [-0.2, 0) is 4.74 Å². The van der Waals surface area contributed by atoms with E-state index >= 15 is 0 Å². The predicted octanol–water partition coefficient (Wildman–Crippen LogP) is 3.17. The molecule has 5 heteroatoms. The summed E-state index contributed by atoms with van der Waals surface area (Å²) in [5.74, 6) is -0.410. The largest absolute Gasteiger partial charge is 0.464 e. The number of fused-ring (bicyclic) bond motifs is 1. The number of halogens is 1. The average Bonchev–Trinajstić information content (AvgIpc) is 2.66. The molecule has 0 N–H and O–H groups in total. The highest BCUT2D eigenvalue weighted by Gasteiger charge is 2.18. The van der Waals surface area contributed by atoms with Crippen molar-refractivity contribution in [2.75, 3.05) is 7.11 Å². The zero-order valence-electron chi connectivity index (χ0n) is 9.90. The molecular weight excluding hydrogens is 284 g/mol. The van der Waals surface area contributed by atoms with Gasteiger partial charge in [-0.05, 0) is 32.0 Å². The van der Waals surface area contributed by atoms with Crippen LogP contribution in [0.4, 0.5) is 0 Å². The maximum absolute atomic E-state index is 11.7. The lowest BCUT2D eigenvalue weighted by Gasteiger charge is -2.06. The molecule has 0 atom stereocenters. The molecule has 0 saturated heterocycles.